The molecule has 1 heterocycles. The van der Waals surface area contributed by atoms with Gasteiger partial charge < -0.3 is 4.79 Å². The Morgan fingerprint density at radius 2 is 2.36 bits per heavy atom. The third-order valence-corrected chi connectivity index (χ3v) is 2.77. The van der Waals surface area contributed by atoms with Gasteiger partial charge in [-0.25, -0.2) is 0 Å². The summed E-state index contributed by atoms with van der Waals surface area (Å²) >= 11 is 3.47. The lowest BCUT2D eigenvalue weighted by Crippen LogP contribution is -1.91. The van der Waals surface area contributed by atoms with E-state index in [2.05, 4.69) is 21.0 Å². The van der Waals surface area contributed by atoms with Gasteiger partial charge in [0.1, 0.15) is 6.29 Å². The highest BCUT2D eigenvalue weighted by molar-refractivity contribution is 9.10. The van der Waals surface area contributed by atoms with E-state index in [1.54, 1.807) is 6.20 Å². The summed E-state index contributed by atoms with van der Waals surface area (Å²) in [7, 11) is 1.90. The average Bonchev–Trinajstić information content (AvgIpc) is 2.48. The molecule has 0 aliphatic carbocycles. The molecule has 3 nitrogen and oxygen atoms in total. The van der Waals surface area contributed by atoms with Crippen LogP contribution in [-0.4, -0.2) is 16.1 Å². The predicted molar refractivity (Wildman–Crippen MR) is 58.2 cm³/mol. The number of halogens is 1. The molecule has 0 fully saturated rings. The number of nitrogens with zero attached hydrogens (tertiary/aromatic N) is 2. The van der Waals surface area contributed by atoms with Gasteiger partial charge in [-0.15, -0.1) is 0 Å². The zero-order valence-electron chi connectivity index (χ0n) is 7.70. The lowest BCUT2D eigenvalue weighted by atomic mass is 10.1. The Bertz CT molecular complexity index is 490. The van der Waals surface area contributed by atoms with E-state index in [1.807, 2.05) is 23.9 Å². The highest BCUT2D eigenvalue weighted by Crippen LogP contribution is 2.25. The van der Waals surface area contributed by atoms with E-state index in [0.717, 1.165) is 27.2 Å². The molecule has 0 atom stereocenters. The Hall–Kier alpha value is -1.16. The van der Waals surface area contributed by atoms with Crippen LogP contribution in [0.2, 0.25) is 0 Å². The van der Waals surface area contributed by atoms with E-state index < -0.39 is 0 Å². The first kappa shape index (κ1) is 9.40. The fraction of sp³-hybridized carbons (Fsp3) is 0.200. The Labute approximate surface area is 89.8 Å². The topological polar surface area (TPSA) is 34.9 Å². The molecule has 0 spiro atoms. The Balaban J connectivity index is 2.67. The van der Waals surface area contributed by atoms with Gasteiger partial charge in [-0.1, -0.05) is 0 Å². The fourth-order valence-electron chi connectivity index (χ4n) is 1.54. The first-order valence-electron chi connectivity index (χ1n) is 4.26. The second-order valence-corrected chi connectivity index (χ2v) is 4.01. The Morgan fingerprint density at radius 1 is 1.57 bits per heavy atom. The minimum atomic E-state index is 0.448. The minimum Gasteiger partial charge on any atom is -0.303 e. The summed E-state index contributed by atoms with van der Waals surface area (Å²) in [4.78, 5) is 10.4. The summed E-state index contributed by atoms with van der Waals surface area (Å²) in [6.07, 6.45) is 3.15. The van der Waals surface area contributed by atoms with Crippen LogP contribution in [0.4, 0.5) is 0 Å². The molecule has 0 unspecified atom stereocenters. The van der Waals surface area contributed by atoms with Crippen LogP contribution in [0.3, 0.4) is 0 Å². The van der Waals surface area contributed by atoms with Gasteiger partial charge in [0.25, 0.3) is 0 Å². The number of aryl methyl sites for hydroxylation is 1. The molecule has 2 rings (SSSR count). The lowest BCUT2D eigenvalue weighted by molar-refractivity contribution is -0.107. The lowest BCUT2D eigenvalue weighted by Gasteiger charge is -2.01. The molecular weight excluding hydrogens is 244 g/mol. The average molecular weight is 253 g/mol. The van der Waals surface area contributed by atoms with Gasteiger partial charge in [0, 0.05) is 23.3 Å². The maximum Gasteiger partial charge on any atom is 0.124 e. The number of hydrogen-bond acceptors (Lipinski definition) is 2. The van der Waals surface area contributed by atoms with Crippen molar-refractivity contribution in [1.29, 1.82) is 0 Å². The second kappa shape index (κ2) is 3.53. The van der Waals surface area contributed by atoms with Gasteiger partial charge in [-0.2, -0.15) is 5.10 Å². The highest BCUT2D eigenvalue weighted by atomic mass is 79.9. The van der Waals surface area contributed by atoms with Crippen molar-refractivity contribution in [3.05, 3.63) is 28.4 Å². The molecule has 1 aromatic heterocycles. The van der Waals surface area contributed by atoms with Crippen LogP contribution in [0.5, 0.6) is 0 Å². The van der Waals surface area contributed by atoms with Gasteiger partial charge >= 0.3 is 0 Å². The molecule has 0 saturated heterocycles. The zero-order valence-corrected chi connectivity index (χ0v) is 9.28. The number of carbonyl (C=O) groups is 1. The molecule has 2 aromatic rings. The van der Waals surface area contributed by atoms with E-state index >= 15 is 0 Å². The summed E-state index contributed by atoms with van der Waals surface area (Å²) in [5.41, 5.74) is 2.06. The number of benzene rings is 1. The maximum atomic E-state index is 10.4. The molecule has 4 heteroatoms. The Morgan fingerprint density at radius 3 is 3.07 bits per heavy atom. The number of hydrogen-bond donors (Lipinski definition) is 0. The van der Waals surface area contributed by atoms with Crippen molar-refractivity contribution in [2.24, 2.45) is 7.05 Å². The highest BCUT2D eigenvalue weighted by Gasteiger charge is 2.05. The molecule has 1 aromatic carbocycles. The smallest absolute Gasteiger partial charge is 0.124 e. The van der Waals surface area contributed by atoms with E-state index in [1.165, 1.54) is 0 Å². The van der Waals surface area contributed by atoms with Gasteiger partial charge in [0.2, 0.25) is 0 Å². The molecule has 0 aliphatic heterocycles. The largest absolute Gasteiger partial charge is 0.303 e. The van der Waals surface area contributed by atoms with Crippen molar-refractivity contribution >= 4 is 33.1 Å². The van der Waals surface area contributed by atoms with Crippen molar-refractivity contribution in [2.75, 3.05) is 0 Å². The summed E-state index contributed by atoms with van der Waals surface area (Å²) in [6, 6.07) is 3.94. The van der Waals surface area contributed by atoms with Crippen LogP contribution in [0.25, 0.3) is 10.9 Å². The van der Waals surface area contributed by atoms with Crippen LogP contribution in [-0.2, 0) is 18.3 Å². The monoisotopic (exact) mass is 252 g/mol. The summed E-state index contributed by atoms with van der Waals surface area (Å²) in [6.45, 7) is 0. The van der Waals surface area contributed by atoms with Gasteiger partial charge in [0.15, 0.2) is 0 Å². The quantitative estimate of drug-likeness (QED) is 0.768. The normalized spacial score (nSPS) is 10.7. The van der Waals surface area contributed by atoms with E-state index in [0.29, 0.717) is 6.42 Å². The van der Waals surface area contributed by atoms with Crippen molar-refractivity contribution in [3.63, 3.8) is 0 Å². The predicted octanol–water partition coefficient (Wildman–Crippen LogP) is 2.08. The van der Waals surface area contributed by atoms with Crippen LogP contribution in [0.15, 0.2) is 22.8 Å². The standard InChI is InChI=1S/C10H9BrN2O/c1-13-10-8(6-12-13)4-7(2-3-14)5-9(10)11/h3-6H,2H2,1H3. The summed E-state index contributed by atoms with van der Waals surface area (Å²) in [5.74, 6) is 0. The number of fused-ring (bicyclic) bond motifs is 1. The second-order valence-electron chi connectivity index (χ2n) is 3.15. The molecule has 14 heavy (non-hydrogen) atoms. The van der Waals surface area contributed by atoms with Crippen LogP contribution in [0, 0.1) is 0 Å². The molecule has 72 valence electrons. The van der Waals surface area contributed by atoms with Crippen molar-refractivity contribution in [1.82, 2.24) is 9.78 Å². The van der Waals surface area contributed by atoms with Crippen molar-refractivity contribution in [3.8, 4) is 0 Å². The number of aromatic nitrogens is 2. The summed E-state index contributed by atoms with van der Waals surface area (Å²) < 4.78 is 2.79. The first-order valence-corrected chi connectivity index (χ1v) is 5.05. The Kier molecular flexibility index (Phi) is 2.37. The summed E-state index contributed by atoms with van der Waals surface area (Å²) in [5, 5.41) is 5.21. The molecule has 0 aliphatic rings. The van der Waals surface area contributed by atoms with Crippen LogP contribution >= 0.6 is 15.9 Å². The molecule has 0 amide bonds. The fourth-order valence-corrected chi connectivity index (χ4v) is 2.32. The number of aldehydes is 1. The minimum absolute atomic E-state index is 0.448. The van der Waals surface area contributed by atoms with Gasteiger partial charge in [-0.3, -0.25) is 4.68 Å². The SMILES string of the molecule is Cn1ncc2cc(CC=O)cc(Br)c21. The zero-order chi connectivity index (χ0) is 10.1. The van der Waals surface area contributed by atoms with Crippen LogP contribution < -0.4 is 0 Å². The molecule has 0 N–H and O–H groups in total. The molecule has 0 bridgehead atoms. The van der Waals surface area contributed by atoms with E-state index in [9.17, 15) is 4.79 Å². The third kappa shape index (κ3) is 1.46. The third-order valence-electron chi connectivity index (χ3n) is 2.17. The maximum absolute atomic E-state index is 10.4. The van der Waals surface area contributed by atoms with E-state index in [-0.39, 0.29) is 0 Å². The molecule has 0 radical (unpaired) electrons. The number of rotatable bonds is 2. The first-order chi connectivity index (χ1) is 6.72. The van der Waals surface area contributed by atoms with Gasteiger partial charge in [0.05, 0.1) is 11.7 Å². The van der Waals surface area contributed by atoms with Crippen molar-refractivity contribution in [2.45, 2.75) is 6.42 Å². The molecule has 0 saturated carbocycles. The van der Waals surface area contributed by atoms with Crippen molar-refractivity contribution < 1.29 is 4.79 Å². The number of carbonyl (C=O) groups excluding carboxylic acids is 1. The van der Waals surface area contributed by atoms with Crippen LogP contribution in [0.1, 0.15) is 5.56 Å². The van der Waals surface area contributed by atoms with Gasteiger partial charge in [-0.05, 0) is 33.6 Å². The molecular formula is C10H9BrN2O. The van der Waals surface area contributed by atoms with E-state index in [4.69, 9.17) is 0 Å².